The third-order valence-corrected chi connectivity index (χ3v) is 3.05. The Labute approximate surface area is 97.4 Å². The fourth-order valence-electron chi connectivity index (χ4n) is 2.17. The van der Waals surface area contributed by atoms with Crippen LogP contribution in [0.1, 0.15) is 45.4 Å². The second-order valence-electron chi connectivity index (χ2n) is 4.34. The molecule has 1 unspecified atom stereocenters. The monoisotopic (exact) mass is 229 g/mol. The van der Waals surface area contributed by atoms with Gasteiger partial charge < -0.3 is 9.84 Å². The number of carbonyl (C=O) groups is 1. The lowest BCUT2D eigenvalue weighted by molar-refractivity contribution is -0.147. The van der Waals surface area contributed by atoms with Gasteiger partial charge in [-0.15, -0.1) is 0 Å². The maximum Gasteiger partial charge on any atom is 0.325 e. The van der Waals surface area contributed by atoms with E-state index in [1.54, 1.807) is 6.92 Å². The van der Waals surface area contributed by atoms with Crippen LogP contribution in [-0.4, -0.2) is 36.4 Å². The summed E-state index contributed by atoms with van der Waals surface area (Å²) in [6, 6.07) is -0.202. The Balaban J connectivity index is 2.38. The first-order valence-electron chi connectivity index (χ1n) is 6.31. The molecule has 0 aromatic carbocycles. The molecule has 1 rings (SSSR count). The number of ether oxygens (including phenoxy) is 1. The van der Waals surface area contributed by atoms with E-state index < -0.39 is 6.04 Å². The summed E-state index contributed by atoms with van der Waals surface area (Å²) >= 11 is 0. The fraction of sp³-hybridized carbons (Fsp3) is 0.917. The summed E-state index contributed by atoms with van der Waals surface area (Å²) in [5.74, 6) is -0.339. The van der Waals surface area contributed by atoms with Crippen molar-refractivity contribution < 1.29 is 14.6 Å². The fourth-order valence-corrected chi connectivity index (χ4v) is 2.17. The van der Waals surface area contributed by atoms with Crippen molar-refractivity contribution in [1.29, 1.82) is 0 Å². The molecular formula is C12H23NO3. The molecule has 4 heteroatoms. The van der Waals surface area contributed by atoms with Gasteiger partial charge >= 0.3 is 5.97 Å². The van der Waals surface area contributed by atoms with E-state index in [0.717, 1.165) is 12.8 Å². The molecule has 1 atom stereocenters. The molecule has 0 amide bonds. The SMILES string of the molecule is CCOC(=O)C(CO)NC1CCCCCC1. The largest absolute Gasteiger partial charge is 0.465 e. The number of carbonyl (C=O) groups excluding carboxylic acids is 1. The second kappa shape index (κ2) is 7.63. The van der Waals surface area contributed by atoms with Gasteiger partial charge in [-0.1, -0.05) is 25.7 Å². The van der Waals surface area contributed by atoms with Gasteiger partial charge in [-0.05, 0) is 19.8 Å². The number of esters is 1. The van der Waals surface area contributed by atoms with E-state index in [-0.39, 0.29) is 12.6 Å². The highest BCUT2D eigenvalue weighted by molar-refractivity contribution is 5.75. The van der Waals surface area contributed by atoms with Crippen LogP contribution in [0.4, 0.5) is 0 Å². The lowest BCUT2D eigenvalue weighted by atomic mass is 10.1. The van der Waals surface area contributed by atoms with Crippen LogP contribution in [0.3, 0.4) is 0 Å². The summed E-state index contributed by atoms with van der Waals surface area (Å²) in [6.07, 6.45) is 7.16. The van der Waals surface area contributed by atoms with Crippen molar-refractivity contribution in [3.05, 3.63) is 0 Å². The Morgan fingerprint density at radius 3 is 2.50 bits per heavy atom. The summed E-state index contributed by atoms with van der Waals surface area (Å²) in [4.78, 5) is 11.5. The lowest BCUT2D eigenvalue weighted by Crippen LogP contribution is -2.46. The van der Waals surface area contributed by atoms with Crippen LogP contribution in [-0.2, 0) is 9.53 Å². The standard InChI is InChI=1S/C12H23NO3/c1-2-16-12(15)11(9-14)13-10-7-5-3-4-6-8-10/h10-11,13-14H,2-9H2,1H3. The highest BCUT2D eigenvalue weighted by Gasteiger charge is 2.22. The molecule has 0 spiro atoms. The molecule has 1 saturated carbocycles. The van der Waals surface area contributed by atoms with Crippen molar-refractivity contribution in [3.8, 4) is 0 Å². The van der Waals surface area contributed by atoms with Crippen molar-refractivity contribution in [2.24, 2.45) is 0 Å². The average Bonchev–Trinajstić information content (AvgIpc) is 2.54. The molecule has 1 aliphatic rings. The first kappa shape index (κ1) is 13.5. The molecule has 2 N–H and O–H groups in total. The number of aliphatic hydroxyl groups is 1. The second-order valence-corrected chi connectivity index (χ2v) is 4.34. The van der Waals surface area contributed by atoms with Crippen LogP contribution >= 0.6 is 0 Å². The van der Waals surface area contributed by atoms with Gasteiger partial charge in [-0.2, -0.15) is 0 Å². The summed E-state index contributed by atoms with van der Waals surface area (Å²) < 4.78 is 4.91. The minimum atomic E-state index is -0.553. The zero-order chi connectivity index (χ0) is 11.8. The molecule has 0 bridgehead atoms. The van der Waals surface area contributed by atoms with Crippen LogP contribution in [0.25, 0.3) is 0 Å². The molecule has 0 aromatic heterocycles. The van der Waals surface area contributed by atoms with Gasteiger partial charge in [0.25, 0.3) is 0 Å². The Hall–Kier alpha value is -0.610. The number of aliphatic hydroxyl groups excluding tert-OH is 1. The van der Waals surface area contributed by atoms with E-state index in [2.05, 4.69) is 5.32 Å². The molecule has 0 saturated heterocycles. The van der Waals surface area contributed by atoms with Crippen molar-refractivity contribution >= 4 is 5.97 Å². The minimum absolute atomic E-state index is 0.185. The molecule has 16 heavy (non-hydrogen) atoms. The van der Waals surface area contributed by atoms with Gasteiger partial charge in [0.1, 0.15) is 6.04 Å². The molecule has 0 heterocycles. The zero-order valence-electron chi connectivity index (χ0n) is 10.1. The zero-order valence-corrected chi connectivity index (χ0v) is 10.1. The quantitative estimate of drug-likeness (QED) is 0.550. The lowest BCUT2D eigenvalue weighted by Gasteiger charge is -2.22. The summed E-state index contributed by atoms with van der Waals surface area (Å²) in [7, 11) is 0. The molecule has 0 radical (unpaired) electrons. The van der Waals surface area contributed by atoms with Crippen molar-refractivity contribution in [3.63, 3.8) is 0 Å². The summed E-state index contributed by atoms with van der Waals surface area (Å²) in [6.45, 7) is 1.95. The van der Waals surface area contributed by atoms with Crippen LogP contribution in [0.2, 0.25) is 0 Å². The number of nitrogens with one attached hydrogen (secondary N) is 1. The molecule has 0 aliphatic heterocycles. The molecular weight excluding hydrogens is 206 g/mol. The van der Waals surface area contributed by atoms with E-state index in [4.69, 9.17) is 9.84 Å². The third kappa shape index (κ3) is 4.49. The first-order chi connectivity index (χ1) is 7.77. The predicted molar refractivity (Wildman–Crippen MR) is 62.1 cm³/mol. The molecule has 94 valence electrons. The first-order valence-corrected chi connectivity index (χ1v) is 6.31. The summed E-state index contributed by atoms with van der Waals surface area (Å²) in [5, 5.41) is 12.4. The predicted octanol–water partition coefficient (Wildman–Crippen LogP) is 1.22. The van der Waals surface area contributed by atoms with Crippen LogP contribution in [0, 0.1) is 0 Å². The van der Waals surface area contributed by atoms with Crippen LogP contribution in [0.15, 0.2) is 0 Å². The van der Waals surface area contributed by atoms with E-state index in [0.29, 0.717) is 12.6 Å². The Morgan fingerprint density at radius 2 is 2.00 bits per heavy atom. The Kier molecular flexibility index (Phi) is 6.42. The maximum absolute atomic E-state index is 11.5. The number of hydrogen-bond donors (Lipinski definition) is 2. The molecule has 4 nitrogen and oxygen atoms in total. The van der Waals surface area contributed by atoms with Crippen LogP contribution in [0.5, 0.6) is 0 Å². The van der Waals surface area contributed by atoms with E-state index in [9.17, 15) is 4.79 Å². The van der Waals surface area contributed by atoms with Crippen molar-refractivity contribution in [2.75, 3.05) is 13.2 Å². The van der Waals surface area contributed by atoms with Gasteiger partial charge in [0.2, 0.25) is 0 Å². The topological polar surface area (TPSA) is 58.6 Å². The average molecular weight is 229 g/mol. The number of rotatable bonds is 5. The smallest absolute Gasteiger partial charge is 0.325 e. The molecule has 1 fully saturated rings. The normalized spacial score (nSPS) is 20.1. The van der Waals surface area contributed by atoms with Crippen molar-refractivity contribution in [1.82, 2.24) is 5.32 Å². The molecule has 1 aliphatic carbocycles. The van der Waals surface area contributed by atoms with E-state index >= 15 is 0 Å². The Morgan fingerprint density at radius 1 is 1.38 bits per heavy atom. The van der Waals surface area contributed by atoms with Gasteiger partial charge in [0, 0.05) is 6.04 Å². The van der Waals surface area contributed by atoms with Crippen molar-refractivity contribution in [2.45, 2.75) is 57.5 Å². The third-order valence-electron chi connectivity index (χ3n) is 3.05. The number of hydrogen-bond acceptors (Lipinski definition) is 4. The highest BCUT2D eigenvalue weighted by Crippen LogP contribution is 2.17. The van der Waals surface area contributed by atoms with Gasteiger partial charge in [0.05, 0.1) is 13.2 Å². The molecule has 0 aromatic rings. The van der Waals surface area contributed by atoms with Gasteiger partial charge in [-0.25, -0.2) is 0 Å². The van der Waals surface area contributed by atoms with E-state index in [1.807, 2.05) is 0 Å². The van der Waals surface area contributed by atoms with Gasteiger partial charge in [0.15, 0.2) is 0 Å². The van der Waals surface area contributed by atoms with E-state index in [1.165, 1.54) is 25.7 Å². The van der Waals surface area contributed by atoms with Crippen LogP contribution < -0.4 is 5.32 Å². The maximum atomic E-state index is 11.5. The minimum Gasteiger partial charge on any atom is -0.465 e. The highest BCUT2D eigenvalue weighted by atomic mass is 16.5. The Bertz CT molecular complexity index is 200. The van der Waals surface area contributed by atoms with Gasteiger partial charge in [-0.3, -0.25) is 10.1 Å². The summed E-state index contributed by atoms with van der Waals surface area (Å²) in [5.41, 5.74) is 0.